The number of amides is 2. The number of carbonyl (C=O) groups excluding carboxylic acids is 3. The highest BCUT2D eigenvalue weighted by Crippen LogP contribution is 2.46. The van der Waals surface area contributed by atoms with Crippen molar-refractivity contribution in [2.45, 2.75) is 31.0 Å². The highest BCUT2D eigenvalue weighted by molar-refractivity contribution is 7.98. The molecule has 1 aromatic carbocycles. The molecule has 3 unspecified atom stereocenters. The number of ketones is 1. The standard InChI is InChI=1S/C22H25N3O4S/c1-12(22(29)14-8-4-5-9-16(14)25(2)21(22)28)18-19(13-7-6-10-17(13)26)23-15(11-30-3)20(27)24-18/h4-6,8-10,12,15,18,23,29H,7,11H2,1-3H3,(H,24,27)/t12-,15?,18?,22?/m1/s1. The molecule has 2 heterocycles. The lowest BCUT2D eigenvalue weighted by Gasteiger charge is -2.41. The summed E-state index contributed by atoms with van der Waals surface area (Å²) in [5.41, 5.74) is 0.474. The number of para-hydroxylation sites is 1. The minimum Gasteiger partial charge on any atom is -0.375 e. The first-order valence-electron chi connectivity index (χ1n) is 9.90. The Hall–Kier alpha value is -2.58. The molecule has 1 aromatic rings. The van der Waals surface area contributed by atoms with Gasteiger partial charge in [0.05, 0.1) is 11.7 Å². The first-order valence-corrected chi connectivity index (χ1v) is 11.3. The summed E-state index contributed by atoms with van der Waals surface area (Å²) in [6.45, 7) is 1.74. The van der Waals surface area contributed by atoms with Crippen molar-refractivity contribution in [1.29, 1.82) is 0 Å². The van der Waals surface area contributed by atoms with Gasteiger partial charge in [0.25, 0.3) is 5.91 Å². The van der Waals surface area contributed by atoms with Gasteiger partial charge in [-0.05, 0) is 24.8 Å². The number of likely N-dealkylation sites (N-methyl/N-ethyl adjacent to an activating group) is 1. The van der Waals surface area contributed by atoms with Gasteiger partial charge in [-0.15, -0.1) is 0 Å². The van der Waals surface area contributed by atoms with E-state index in [9.17, 15) is 19.5 Å². The van der Waals surface area contributed by atoms with Crippen molar-refractivity contribution in [2.75, 3.05) is 24.0 Å². The number of nitrogens with one attached hydrogen (secondary N) is 2. The van der Waals surface area contributed by atoms with Gasteiger partial charge in [-0.3, -0.25) is 14.4 Å². The zero-order chi connectivity index (χ0) is 21.6. The second-order valence-corrected chi connectivity index (χ2v) is 8.85. The third-order valence-corrected chi connectivity index (χ3v) is 6.93. The number of rotatable bonds is 4. The van der Waals surface area contributed by atoms with Crippen molar-refractivity contribution in [2.24, 2.45) is 5.92 Å². The number of hydrogen-bond donors (Lipinski definition) is 3. The molecule has 0 spiro atoms. The van der Waals surface area contributed by atoms with Gasteiger partial charge in [0, 0.05) is 35.6 Å². The van der Waals surface area contributed by atoms with Crippen molar-refractivity contribution in [3.8, 4) is 0 Å². The van der Waals surface area contributed by atoms with E-state index in [0.717, 1.165) is 0 Å². The Labute approximate surface area is 179 Å². The summed E-state index contributed by atoms with van der Waals surface area (Å²) in [7, 11) is 1.63. The maximum absolute atomic E-state index is 13.2. The van der Waals surface area contributed by atoms with Crippen LogP contribution in [-0.2, 0) is 20.0 Å². The molecule has 1 saturated heterocycles. The Kier molecular flexibility index (Phi) is 5.23. The second kappa shape index (κ2) is 7.59. The number of piperazine rings is 1. The fourth-order valence-electron chi connectivity index (χ4n) is 4.58. The van der Waals surface area contributed by atoms with Crippen LogP contribution in [0.1, 0.15) is 18.9 Å². The predicted octanol–water partition coefficient (Wildman–Crippen LogP) is 1.09. The van der Waals surface area contributed by atoms with E-state index >= 15 is 0 Å². The molecule has 4 rings (SSSR count). The Morgan fingerprint density at radius 3 is 2.67 bits per heavy atom. The van der Waals surface area contributed by atoms with E-state index in [0.29, 0.717) is 34.7 Å². The van der Waals surface area contributed by atoms with Crippen molar-refractivity contribution in [3.05, 3.63) is 53.3 Å². The number of allylic oxidation sites excluding steroid dienone is 3. The Balaban J connectivity index is 1.78. The van der Waals surface area contributed by atoms with Crippen LogP contribution in [0.5, 0.6) is 0 Å². The molecule has 2 aliphatic heterocycles. The van der Waals surface area contributed by atoms with Crippen LogP contribution in [0, 0.1) is 5.92 Å². The summed E-state index contributed by atoms with van der Waals surface area (Å²) in [6, 6.07) is 5.92. The first-order chi connectivity index (χ1) is 14.3. The largest absolute Gasteiger partial charge is 0.375 e. The van der Waals surface area contributed by atoms with Crippen LogP contribution in [0.4, 0.5) is 5.69 Å². The van der Waals surface area contributed by atoms with Crippen LogP contribution in [0.25, 0.3) is 0 Å². The van der Waals surface area contributed by atoms with Gasteiger partial charge in [-0.2, -0.15) is 11.8 Å². The number of thioether (sulfide) groups is 1. The lowest BCUT2D eigenvalue weighted by molar-refractivity contribution is -0.144. The summed E-state index contributed by atoms with van der Waals surface area (Å²) in [5, 5.41) is 17.9. The lowest BCUT2D eigenvalue weighted by Crippen LogP contribution is -2.63. The Bertz CT molecular complexity index is 988. The molecule has 3 aliphatic rings. The van der Waals surface area contributed by atoms with Crippen molar-refractivity contribution >= 4 is 35.0 Å². The van der Waals surface area contributed by atoms with E-state index in [2.05, 4.69) is 10.6 Å². The van der Waals surface area contributed by atoms with Crippen LogP contribution >= 0.6 is 11.8 Å². The van der Waals surface area contributed by atoms with Gasteiger partial charge in [0.1, 0.15) is 6.04 Å². The van der Waals surface area contributed by atoms with Crippen LogP contribution in [0.2, 0.25) is 0 Å². The van der Waals surface area contributed by atoms with Crippen molar-refractivity contribution < 1.29 is 19.5 Å². The molecule has 0 bridgehead atoms. The molecule has 1 fully saturated rings. The maximum atomic E-state index is 13.2. The number of carbonyl (C=O) groups is 3. The molecule has 158 valence electrons. The van der Waals surface area contributed by atoms with Crippen LogP contribution < -0.4 is 15.5 Å². The topological polar surface area (TPSA) is 98.7 Å². The number of hydrogen-bond acceptors (Lipinski definition) is 6. The lowest BCUT2D eigenvalue weighted by atomic mass is 9.76. The number of benzene rings is 1. The van der Waals surface area contributed by atoms with Gasteiger partial charge in [0.2, 0.25) is 5.91 Å². The van der Waals surface area contributed by atoms with E-state index in [4.69, 9.17) is 0 Å². The number of fused-ring (bicyclic) bond motifs is 1. The van der Waals surface area contributed by atoms with Crippen molar-refractivity contribution in [1.82, 2.24) is 10.6 Å². The van der Waals surface area contributed by atoms with Gasteiger partial charge < -0.3 is 20.6 Å². The highest BCUT2D eigenvalue weighted by atomic mass is 32.2. The number of aliphatic hydroxyl groups is 1. The van der Waals surface area contributed by atoms with Gasteiger partial charge in [0.15, 0.2) is 11.4 Å². The average molecular weight is 428 g/mol. The fourth-order valence-corrected chi connectivity index (χ4v) is 5.15. The average Bonchev–Trinajstić information content (AvgIpc) is 3.25. The minimum absolute atomic E-state index is 0.115. The second-order valence-electron chi connectivity index (χ2n) is 7.94. The molecule has 0 saturated carbocycles. The highest BCUT2D eigenvalue weighted by Gasteiger charge is 2.56. The molecular formula is C22H25N3O4S. The minimum atomic E-state index is -1.82. The van der Waals surface area contributed by atoms with E-state index in [-0.39, 0.29) is 11.7 Å². The van der Waals surface area contributed by atoms with Crippen LogP contribution in [0.3, 0.4) is 0 Å². The van der Waals surface area contributed by atoms with E-state index in [1.54, 1.807) is 38.2 Å². The molecule has 3 N–H and O–H groups in total. The zero-order valence-electron chi connectivity index (χ0n) is 17.1. The van der Waals surface area contributed by atoms with Crippen molar-refractivity contribution in [3.63, 3.8) is 0 Å². The maximum Gasteiger partial charge on any atom is 0.263 e. The summed E-state index contributed by atoms with van der Waals surface area (Å²) >= 11 is 1.53. The Morgan fingerprint density at radius 1 is 1.27 bits per heavy atom. The summed E-state index contributed by atoms with van der Waals surface area (Å²) in [5.74, 6) is -0.939. The Morgan fingerprint density at radius 2 is 2.00 bits per heavy atom. The third-order valence-electron chi connectivity index (χ3n) is 6.27. The summed E-state index contributed by atoms with van der Waals surface area (Å²) in [4.78, 5) is 39.8. The molecule has 0 radical (unpaired) electrons. The first kappa shape index (κ1) is 20.7. The number of nitrogens with zero attached hydrogens (tertiary/aromatic N) is 1. The monoisotopic (exact) mass is 427 g/mol. The quantitative estimate of drug-likeness (QED) is 0.623. The third kappa shape index (κ3) is 2.97. The van der Waals surface area contributed by atoms with E-state index in [1.165, 1.54) is 22.7 Å². The molecule has 1 aliphatic carbocycles. The molecule has 2 amide bonds. The predicted molar refractivity (Wildman–Crippen MR) is 116 cm³/mol. The molecule has 30 heavy (non-hydrogen) atoms. The molecule has 4 atom stereocenters. The molecule has 7 nitrogen and oxygen atoms in total. The fraction of sp³-hybridized carbons (Fsp3) is 0.409. The molecule has 8 heteroatoms. The van der Waals surface area contributed by atoms with Crippen LogP contribution in [0.15, 0.2) is 47.7 Å². The van der Waals surface area contributed by atoms with Gasteiger partial charge >= 0.3 is 0 Å². The normalized spacial score (nSPS) is 31.6. The molecular weight excluding hydrogens is 402 g/mol. The zero-order valence-corrected chi connectivity index (χ0v) is 18.0. The van der Waals surface area contributed by atoms with Crippen LogP contribution in [-0.4, -0.2) is 53.8 Å². The summed E-state index contributed by atoms with van der Waals surface area (Å²) in [6.07, 6.45) is 5.66. The van der Waals surface area contributed by atoms with Gasteiger partial charge in [-0.25, -0.2) is 0 Å². The molecule has 0 aromatic heterocycles. The summed E-state index contributed by atoms with van der Waals surface area (Å²) < 4.78 is 0. The van der Waals surface area contributed by atoms with E-state index in [1.807, 2.05) is 12.3 Å². The SMILES string of the molecule is CSCC1NC(=C2CC=CC2=O)C([C@@H](C)C2(O)C(=O)N(C)c3ccccc32)NC1=O. The number of anilines is 1. The van der Waals surface area contributed by atoms with Gasteiger partial charge in [-0.1, -0.05) is 31.2 Å². The van der Waals surface area contributed by atoms with E-state index < -0.39 is 29.5 Å². The smallest absolute Gasteiger partial charge is 0.263 e.